The van der Waals surface area contributed by atoms with Crippen LogP contribution in [-0.2, 0) is 10.2 Å². The van der Waals surface area contributed by atoms with Gasteiger partial charge in [-0.15, -0.1) is 0 Å². The molecule has 3 nitrogen and oxygen atoms in total. The number of hydrogen-bond donors (Lipinski definition) is 2. The van der Waals surface area contributed by atoms with Crippen LogP contribution in [0.25, 0.3) is 0 Å². The van der Waals surface area contributed by atoms with Crippen molar-refractivity contribution in [2.24, 2.45) is 11.1 Å². The highest BCUT2D eigenvalue weighted by Crippen LogP contribution is 2.39. The van der Waals surface area contributed by atoms with Gasteiger partial charge in [-0.1, -0.05) is 44.2 Å². The fraction of sp³-hybridized carbons (Fsp3) is 0.562. The van der Waals surface area contributed by atoms with Gasteiger partial charge in [0.15, 0.2) is 0 Å². The molecule has 1 aliphatic rings. The van der Waals surface area contributed by atoms with Crippen LogP contribution in [0.2, 0.25) is 0 Å². The van der Waals surface area contributed by atoms with Crippen LogP contribution in [0, 0.1) is 5.41 Å². The molecule has 104 valence electrons. The third-order valence-electron chi connectivity index (χ3n) is 4.71. The average molecular weight is 260 g/mol. The molecule has 1 fully saturated rings. The molecule has 0 saturated heterocycles. The molecule has 2 unspecified atom stereocenters. The minimum absolute atomic E-state index is 0.0115. The molecule has 1 amide bonds. The Bertz CT molecular complexity index is 465. The summed E-state index contributed by atoms with van der Waals surface area (Å²) < 4.78 is 0. The Balaban J connectivity index is 2.08. The first-order valence-electron chi connectivity index (χ1n) is 6.88. The average Bonchev–Trinajstić information content (AvgIpc) is 2.39. The van der Waals surface area contributed by atoms with E-state index in [0.29, 0.717) is 0 Å². The van der Waals surface area contributed by atoms with Gasteiger partial charge in [0.1, 0.15) is 0 Å². The summed E-state index contributed by atoms with van der Waals surface area (Å²) in [5.74, 6) is 0.0728. The van der Waals surface area contributed by atoms with Crippen molar-refractivity contribution >= 4 is 5.91 Å². The van der Waals surface area contributed by atoms with Crippen LogP contribution in [0.1, 0.15) is 39.7 Å². The Hall–Kier alpha value is -1.35. The number of benzene rings is 1. The number of hydrogen-bond acceptors (Lipinski definition) is 2. The number of nitrogens with one attached hydrogen (secondary N) is 1. The molecule has 0 aliphatic heterocycles. The molecule has 3 N–H and O–H groups in total. The second-order valence-corrected chi connectivity index (χ2v) is 6.68. The Morgan fingerprint density at radius 3 is 2.37 bits per heavy atom. The summed E-state index contributed by atoms with van der Waals surface area (Å²) in [7, 11) is 0. The quantitative estimate of drug-likeness (QED) is 0.875. The molecule has 1 aromatic rings. The van der Waals surface area contributed by atoms with E-state index in [1.165, 1.54) is 0 Å². The first-order chi connectivity index (χ1) is 8.76. The monoisotopic (exact) mass is 260 g/mol. The molecular formula is C16H24N2O. The third-order valence-corrected chi connectivity index (χ3v) is 4.71. The highest BCUT2D eigenvalue weighted by Gasteiger charge is 2.47. The predicted molar refractivity (Wildman–Crippen MR) is 77.8 cm³/mol. The maximum atomic E-state index is 12.5. The number of carbonyl (C=O) groups is 1. The molecule has 19 heavy (non-hydrogen) atoms. The Morgan fingerprint density at radius 1 is 1.32 bits per heavy atom. The first-order valence-corrected chi connectivity index (χ1v) is 6.88. The van der Waals surface area contributed by atoms with Crippen molar-refractivity contribution in [2.75, 3.05) is 0 Å². The number of carbonyl (C=O) groups excluding carboxylic acids is 1. The van der Waals surface area contributed by atoms with Gasteiger partial charge in [0.2, 0.25) is 5.91 Å². The van der Waals surface area contributed by atoms with Crippen molar-refractivity contribution in [1.82, 2.24) is 5.32 Å². The van der Waals surface area contributed by atoms with Gasteiger partial charge in [0.25, 0.3) is 0 Å². The number of rotatable bonds is 3. The summed E-state index contributed by atoms with van der Waals surface area (Å²) in [4.78, 5) is 12.5. The van der Waals surface area contributed by atoms with Crippen molar-refractivity contribution in [3.05, 3.63) is 35.9 Å². The van der Waals surface area contributed by atoms with E-state index in [9.17, 15) is 4.79 Å². The van der Waals surface area contributed by atoms with Gasteiger partial charge in [-0.2, -0.15) is 0 Å². The van der Waals surface area contributed by atoms with Crippen molar-refractivity contribution in [1.29, 1.82) is 0 Å². The van der Waals surface area contributed by atoms with E-state index < -0.39 is 5.41 Å². The van der Waals surface area contributed by atoms with Crippen LogP contribution >= 0.6 is 0 Å². The van der Waals surface area contributed by atoms with Crippen LogP contribution in [0.3, 0.4) is 0 Å². The maximum Gasteiger partial charge on any atom is 0.230 e. The van der Waals surface area contributed by atoms with E-state index in [1.54, 1.807) is 0 Å². The van der Waals surface area contributed by atoms with Gasteiger partial charge in [0.05, 0.1) is 5.41 Å². The van der Waals surface area contributed by atoms with Gasteiger partial charge >= 0.3 is 0 Å². The van der Waals surface area contributed by atoms with Crippen molar-refractivity contribution < 1.29 is 4.79 Å². The molecule has 1 aromatic carbocycles. The van der Waals surface area contributed by atoms with Crippen LogP contribution in [-0.4, -0.2) is 18.0 Å². The van der Waals surface area contributed by atoms with E-state index in [4.69, 9.17) is 5.73 Å². The first kappa shape index (κ1) is 14.1. The zero-order chi connectivity index (χ0) is 14.3. The minimum Gasteiger partial charge on any atom is -0.352 e. The minimum atomic E-state index is -0.517. The van der Waals surface area contributed by atoms with Crippen molar-refractivity contribution in [2.45, 2.75) is 51.6 Å². The van der Waals surface area contributed by atoms with E-state index in [2.05, 4.69) is 19.2 Å². The summed E-state index contributed by atoms with van der Waals surface area (Å²) in [6, 6.07) is 10.2. The van der Waals surface area contributed by atoms with Gasteiger partial charge < -0.3 is 11.1 Å². The van der Waals surface area contributed by atoms with Crippen LogP contribution in [0.4, 0.5) is 0 Å². The lowest BCUT2D eigenvalue weighted by Crippen LogP contribution is -2.65. The van der Waals surface area contributed by atoms with Gasteiger partial charge in [0, 0.05) is 17.5 Å². The van der Waals surface area contributed by atoms with E-state index in [1.807, 2.05) is 44.2 Å². The standard InChI is InChI=1S/C16H24N2O/c1-15(2,11-8-6-5-7-9-11)14(19)18-13-10-12(17)16(13,3)4/h5-9,12-13H,10,17H2,1-4H3,(H,18,19). The lowest BCUT2D eigenvalue weighted by atomic mass is 9.63. The second kappa shape index (κ2) is 4.64. The smallest absolute Gasteiger partial charge is 0.230 e. The molecule has 2 atom stereocenters. The number of amides is 1. The third kappa shape index (κ3) is 2.39. The zero-order valence-electron chi connectivity index (χ0n) is 12.2. The van der Waals surface area contributed by atoms with Gasteiger partial charge in [-0.05, 0) is 25.8 Å². The lowest BCUT2D eigenvalue weighted by molar-refractivity contribution is -0.129. The van der Waals surface area contributed by atoms with E-state index in [0.717, 1.165) is 12.0 Å². The van der Waals surface area contributed by atoms with Crippen molar-refractivity contribution in [3.8, 4) is 0 Å². The predicted octanol–water partition coefficient (Wildman–Crippen LogP) is 2.21. The van der Waals surface area contributed by atoms with Gasteiger partial charge in [-0.3, -0.25) is 4.79 Å². The molecule has 0 aromatic heterocycles. The molecule has 3 heteroatoms. The Kier molecular flexibility index (Phi) is 3.43. The van der Waals surface area contributed by atoms with Crippen LogP contribution in [0.5, 0.6) is 0 Å². The van der Waals surface area contributed by atoms with Gasteiger partial charge in [-0.25, -0.2) is 0 Å². The molecule has 0 bridgehead atoms. The van der Waals surface area contributed by atoms with Crippen LogP contribution < -0.4 is 11.1 Å². The fourth-order valence-corrected chi connectivity index (χ4v) is 2.53. The Morgan fingerprint density at radius 2 is 1.89 bits per heavy atom. The highest BCUT2D eigenvalue weighted by molar-refractivity contribution is 5.87. The molecule has 0 radical (unpaired) electrons. The number of nitrogens with two attached hydrogens (primary N) is 1. The van der Waals surface area contributed by atoms with Crippen LogP contribution in [0.15, 0.2) is 30.3 Å². The topological polar surface area (TPSA) is 55.1 Å². The maximum absolute atomic E-state index is 12.5. The molecule has 0 heterocycles. The largest absolute Gasteiger partial charge is 0.352 e. The summed E-state index contributed by atoms with van der Waals surface area (Å²) in [5.41, 5.74) is 6.50. The van der Waals surface area contributed by atoms with E-state index >= 15 is 0 Å². The molecule has 0 spiro atoms. The summed E-state index contributed by atoms with van der Waals surface area (Å²) in [6.45, 7) is 8.15. The highest BCUT2D eigenvalue weighted by atomic mass is 16.2. The normalized spacial score (nSPS) is 25.5. The molecule has 2 rings (SSSR count). The molecule has 1 aliphatic carbocycles. The summed E-state index contributed by atoms with van der Waals surface area (Å²) in [5, 5.41) is 3.16. The fourth-order valence-electron chi connectivity index (χ4n) is 2.53. The van der Waals surface area contributed by atoms with E-state index in [-0.39, 0.29) is 23.4 Å². The summed E-state index contributed by atoms with van der Waals surface area (Å²) >= 11 is 0. The summed E-state index contributed by atoms with van der Waals surface area (Å²) in [6.07, 6.45) is 0.865. The zero-order valence-corrected chi connectivity index (χ0v) is 12.2. The molecule has 1 saturated carbocycles. The van der Waals surface area contributed by atoms with Crippen molar-refractivity contribution in [3.63, 3.8) is 0 Å². The Labute approximate surface area is 115 Å². The molecular weight excluding hydrogens is 236 g/mol. The second-order valence-electron chi connectivity index (χ2n) is 6.68. The lowest BCUT2D eigenvalue weighted by Gasteiger charge is -2.51. The SMILES string of the molecule is CC(C)(C(=O)NC1CC(N)C1(C)C)c1ccccc1.